The molecule has 81 heavy (non-hydrogen) atoms. The Kier molecular flexibility index (Phi) is 21.8. The molecule has 430 valence electrons. The van der Waals surface area contributed by atoms with E-state index < -0.39 is 239 Å². The van der Waals surface area contributed by atoms with Crippen LogP contribution in [0.3, 0.4) is 0 Å². The van der Waals surface area contributed by atoms with E-state index in [4.69, 9.17) is 71.5 Å². The number of esters is 2. The monoisotopic (exact) mass is 1160 g/mol. The van der Waals surface area contributed by atoms with Gasteiger partial charge in [-0.05, 0) is 0 Å². The number of aliphatic hydroxyl groups is 2. The van der Waals surface area contributed by atoms with Gasteiger partial charge in [0.05, 0.1) is 113 Å². The molecule has 3 rings (SSSR count). The lowest BCUT2D eigenvalue weighted by atomic mass is 9.86. The number of ether oxygens (including phenoxy) is 2. The lowest BCUT2D eigenvalue weighted by Crippen LogP contribution is -2.30. The summed E-state index contributed by atoms with van der Waals surface area (Å²) in [6, 6.07) is 0. The van der Waals surface area contributed by atoms with Gasteiger partial charge in [-0.25, -0.2) is 91.1 Å². The van der Waals surface area contributed by atoms with Gasteiger partial charge in [-0.15, -0.1) is 0 Å². The zero-order valence-electron chi connectivity index (χ0n) is 38.3. The van der Waals surface area contributed by atoms with Crippen LogP contribution in [0.15, 0.2) is 0 Å². The summed E-state index contributed by atoms with van der Waals surface area (Å²) < 4.78 is 8.78. The summed E-state index contributed by atoms with van der Waals surface area (Å²) >= 11 is 0. The second kappa shape index (κ2) is 26.4. The quantitative estimate of drug-likeness (QED) is 0.0360. The molecule has 0 heterocycles. The molecule has 0 amide bonds. The van der Waals surface area contributed by atoms with Gasteiger partial charge in [0.2, 0.25) is 0 Å². The summed E-state index contributed by atoms with van der Waals surface area (Å²) in [5, 5.41) is 173. The molecule has 1 atom stereocenters. The van der Waals surface area contributed by atoms with Gasteiger partial charge >= 0.3 is 113 Å². The van der Waals surface area contributed by atoms with Crippen LogP contribution in [0.4, 0.5) is 0 Å². The third-order valence-electron chi connectivity index (χ3n) is 9.29. The van der Waals surface area contributed by atoms with E-state index in [0.717, 1.165) is 0 Å². The summed E-state index contributed by atoms with van der Waals surface area (Å²) in [6.45, 7) is -2.48. The number of hydrogen-bond acceptors (Lipinski definition) is 23. The van der Waals surface area contributed by atoms with Gasteiger partial charge in [-0.3, -0.25) is 0 Å². The summed E-state index contributed by atoms with van der Waals surface area (Å²) in [6.07, 6.45) is -1.43. The number of carbonyl (C=O) groups excluding carboxylic acids is 2. The second-order valence-corrected chi connectivity index (χ2v) is 14.1. The molecular weight excluding hydrogens is 1130 g/mol. The average Bonchev–Trinajstić information content (AvgIpc) is 3.32. The van der Waals surface area contributed by atoms with E-state index in [-0.39, 0.29) is 0 Å². The topological polar surface area (TPSA) is 727 Å². The Bertz CT molecular complexity index is 2830. The first-order chi connectivity index (χ1) is 37.1. The molecule has 0 bridgehead atoms. The first kappa shape index (κ1) is 66.7. The Morgan fingerprint density at radius 3 is 0.519 bits per heavy atom. The fourth-order valence-electron chi connectivity index (χ4n) is 6.60. The van der Waals surface area contributed by atoms with Gasteiger partial charge in [0.25, 0.3) is 0 Å². The van der Waals surface area contributed by atoms with Crippen molar-refractivity contribution in [3.05, 3.63) is 100 Å². The molecule has 0 fully saturated rings. The normalized spacial score (nSPS) is 10.5. The van der Waals surface area contributed by atoms with E-state index in [1.165, 1.54) is 0 Å². The first-order valence-electron chi connectivity index (χ1n) is 19.4. The maximum absolute atomic E-state index is 12.4. The van der Waals surface area contributed by atoms with Crippen LogP contribution in [0.2, 0.25) is 0 Å². The molecule has 1 unspecified atom stereocenters. The van der Waals surface area contributed by atoms with Gasteiger partial charge in [0, 0.05) is 0 Å². The third-order valence-corrected chi connectivity index (χ3v) is 9.29. The number of benzene rings is 3. The molecule has 0 aromatic heterocycles. The Balaban J connectivity index is 0.000000619. The molecule has 0 aliphatic carbocycles. The van der Waals surface area contributed by atoms with Gasteiger partial charge in [0.1, 0.15) is 12.7 Å². The standard InChI is InChI=1S/C17H14O16.2C12H6O12/c18-1-4(19)2-32-3-5(20)33-17(31)11-9(15(27)28)7(13(23)24)6(12(21)22)8(14(25)26)10(11)16(29)30;2*13-7(14)1-2(8(15)16)4(10(19)20)6(12(23)24)5(11(21)22)3(1)9(17)18/h4,18-19H,1-3H2,(H,21,22)(H,23,24)(H,25,26)(H,27,28)(H,29,30);2*(H,13,14)(H,15,16)(H,17,18)(H,19,20)(H,21,22)(H,23,24). The van der Waals surface area contributed by atoms with Gasteiger partial charge in [-0.1, -0.05) is 0 Å². The molecule has 0 spiro atoms. The number of carboxylic acids is 17. The second-order valence-electron chi connectivity index (χ2n) is 14.1. The van der Waals surface area contributed by atoms with Gasteiger partial charge in [0.15, 0.2) is 0 Å². The van der Waals surface area contributed by atoms with Crippen molar-refractivity contribution < 1.29 is 198 Å². The molecule has 0 radical (unpaired) electrons. The van der Waals surface area contributed by atoms with Crippen LogP contribution in [0, 0.1) is 0 Å². The maximum atomic E-state index is 12.4. The lowest BCUT2D eigenvalue weighted by Gasteiger charge is -2.17. The van der Waals surface area contributed by atoms with Crippen LogP contribution in [-0.2, 0) is 14.3 Å². The molecule has 3 aromatic carbocycles. The minimum atomic E-state index is -2.35. The first-order valence-corrected chi connectivity index (χ1v) is 19.4. The molecule has 40 heteroatoms. The number of aromatic carboxylic acids is 17. The highest BCUT2D eigenvalue weighted by Crippen LogP contribution is 2.33. The van der Waals surface area contributed by atoms with E-state index in [1.54, 1.807) is 0 Å². The predicted molar refractivity (Wildman–Crippen MR) is 232 cm³/mol. The Labute approximate surface area is 436 Å². The molecule has 0 aliphatic rings. The van der Waals surface area contributed by atoms with E-state index >= 15 is 0 Å². The van der Waals surface area contributed by atoms with E-state index in [1.807, 2.05) is 0 Å². The average molecular weight is 1160 g/mol. The van der Waals surface area contributed by atoms with Crippen molar-refractivity contribution in [2.75, 3.05) is 19.8 Å². The number of hydrogen-bond donors (Lipinski definition) is 19. The Hall–Kier alpha value is -12.3. The minimum Gasteiger partial charge on any atom is -0.478 e. The molecule has 3 aromatic rings. The van der Waals surface area contributed by atoms with Crippen molar-refractivity contribution in [1.29, 1.82) is 0 Å². The molecular formula is C41H26O40. The highest BCUT2D eigenvalue weighted by Gasteiger charge is 2.44. The lowest BCUT2D eigenvalue weighted by molar-refractivity contribution is -0.144. The summed E-state index contributed by atoms with van der Waals surface area (Å²) in [5.74, 6) is -42.6. The number of rotatable bonds is 23. The largest absolute Gasteiger partial charge is 0.478 e. The zero-order valence-corrected chi connectivity index (χ0v) is 38.3. The van der Waals surface area contributed by atoms with Crippen LogP contribution in [0.25, 0.3) is 0 Å². The molecule has 19 N–H and O–H groups in total. The highest BCUT2D eigenvalue weighted by atomic mass is 16.6. The smallest absolute Gasteiger partial charge is 0.347 e. The van der Waals surface area contributed by atoms with E-state index in [9.17, 15) is 117 Å². The van der Waals surface area contributed by atoms with Gasteiger partial charge in [-0.2, -0.15) is 0 Å². The Morgan fingerprint density at radius 1 is 0.259 bits per heavy atom. The predicted octanol–water partition coefficient (Wildman–Crippen LogP) is -2.02. The molecule has 0 saturated carbocycles. The van der Waals surface area contributed by atoms with Crippen LogP contribution in [0.5, 0.6) is 0 Å². The van der Waals surface area contributed by atoms with Crippen molar-refractivity contribution in [2.24, 2.45) is 0 Å². The SMILES string of the molecule is O=C(COCC(O)CO)OC(=O)c1c(C(=O)O)c(C(=O)O)c(C(=O)O)c(C(=O)O)c1C(=O)O.O=C(O)c1c(C(=O)O)c(C(=O)O)c(C(=O)O)c(C(=O)O)c1C(=O)O.O=C(O)c1c(C(=O)O)c(C(=O)O)c(C(=O)O)c(C(=O)O)c1C(=O)O. The summed E-state index contributed by atoms with van der Waals surface area (Å²) in [5.41, 5.74) is -30.4. The van der Waals surface area contributed by atoms with Crippen molar-refractivity contribution >= 4 is 113 Å². The number of carbonyl (C=O) groups is 19. The number of aliphatic hydroxyl groups excluding tert-OH is 2. The molecule has 0 saturated heterocycles. The van der Waals surface area contributed by atoms with Crippen molar-refractivity contribution in [1.82, 2.24) is 0 Å². The highest BCUT2D eigenvalue weighted by molar-refractivity contribution is 6.26. The van der Waals surface area contributed by atoms with Crippen LogP contribution >= 0.6 is 0 Å². The maximum Gasteiger partial charge on any atom is 0.347 e. The van der Waals surface area contributed by atoms with Gasteiger partial charge < -0.3 is 106 Å². The van der Waals surface area contributed by atoms with Crippen molar-refractivity contribution in [2.45, 2.75) is 6.10 Å². The zero-order chi connectivity index (χ0) is 63.5. The van der Waals surface area contributed by atoms with Crippen molar-refractivity contribution in [3.63, 3.8) is 0 Å². The summed E-state index contributed by atoms with van der Waals surface area (Å²) in [4.78, 5) is 217. The minimum absolute atomic E-state index is 0.625. The van der Waals surface area contributed by atoms with E-state index in [0.29, 0.717) is 0 Å². The van der Waals surface area contributed by atoms with E-state index in [2.05, 4.69) is 9.47 Å². The third kappa shape index (κ3) is 14.1. The Morgan fingerprint density at radius 2 is 0.395 bits per heavy atom. The fourth-order valence-corrected chi connectivity index (χ4v) is 6.60. The fraction of sp³-hybridized carbons (Fsp3) is 0.0976. The summed E-state index contributed by atoms with van der Waals surface area (Å²) in [7, 11) is 0. The molecule has 40 nitrogen and oxygen atoms in total. The van der Waals surface area contributed by atoms with Crippen LogP contribution < -0.4 is 0 Å². The van der Waals surface area contributed by atoms with Crippen LogP contribution in [0.1, 0.15) is 186 Å². The van der Waals surface area contributed by atoms with Crippen molar-refractivity contribution in [3.8, 4) is 0 Å². The number of carboxylic acid groups (broad SMARTS) is 17. The molecule has 0 aliphatic heterocycles. The van der Waals surface area contributed by atoms with Crippen LogP contribution in [-0.4, -0.2) is 236 Å².